The Hall–Kier alpha value is -2.62. The van der Waals surface area contributed by atoms with Gasteiger partial charge in [-0.05, 0) is 24.6 Å². The Kier molecular flexibility index (Phi) is 3.69. The molecule has 4 nitrogen and oxygen atoms in total. The number of benzene rings is 2. The molecule has 0 saturated heterocycles. The second kappa shape index (κ2) is 5.79. The fourth-order valence-electron chi connectivity index (χ4n) is 2.46. The van der Waals surface area contributed by atoms with Gasteiger partial charge < -0.3 is 10.1 Å². The first kappa shape index (κ1) is 13.4. The number of Topliss-reactive ketones (excluding diaryl/α,β-unsaturated/α-hetero) is 1. The van der Waals surface area contributed by atoms with Crippen molar-refractivity contribution in [3.63, 3.8) is 0 Å². The van der Waals surface area contributed by atoms with Crippen LogP contribution in [0.5, 0.6) is 5.75 Å². The van der Waals surface area contributed by atoms with Crippen LogP contribution in [-0.2, 0) is 11.2 Å². The van der Waals surface area contributed by atoms with Gasteiger partial charge in [-0.3, -0.25) is 9.59 Å². The average molecular weight is 281 g/mol. The van der Waals surface area contributed by atoms with E-state index in [9.17, 15) is 9.59 Å². The van der Waals surface area contributed by atoms with Gasteiger partial charge in [0.1, 0.15) is 5.75 Å². The van der Waals surface area contributed by atoms with Crippen LogP contribution in [0.25, 0.3) is 0 Å². The summed E-state index contributed by atoms with van der Waals surface area (Å²) in [7, 11) is 0. The van der Waals surface area contributed by atoms with Gasteiger partial charge in [0.05, 0.1) is 0 Å². The highest BCUT2D eigenvalue weighted by atomic mass is 16.5. The van der Waals surface area contributed by atoms with E-state index in [-0.39, 0.29) is 18.3 Å². The highest BCUT2D eigenvalue weighted by molar-refractivity contribution is 6.01. The van der Waals surface area contributed by atoms with E-state index in [4.69, 9.17) is 4.74 Å². The van der Waals surface area contributed by atoms with Gasteiger partial charge in [-0.15, -0.1) is 0 Å². The Balaban J connectivity index is 1.64. The first-order chi connectivity index (χ1) is 10.2. The third-order valence-electron chi connectivity index (χ3n) is 3.45. The van der Waals surface area contributed by atoms with Crippen LogP contribution in [0, 0.1) is 0 Å². The number of amides is 1. The number of rotatable bonds is 4. The molecule has 0 aliphatic heterocycles. The molecule has 0 unspecified atom stereocenters. The Labute approximate surface area is 122 Å². The lowest BCUT2D eigenvalue weighted by Gasteiger charge is -2.10. The van der Waals surface area contributed by atoms with Crippen LogP contribution in [0.1, 0.15) is 22.3 Å². The molecular formula is C17H15NO3. The van der Waals surface area contributed by atoms with Crippen LogP contribution < -0.4 is 10.1 Å². The number of hydrogen-bond acceptors (Lipinski definition) is 3. The zero-order chi connectivity index (χ0) is 14.7. The summed E-state index contributed by atoms with van der Waals surface area (Å²) >= 11 is 0. The number of hydrogen-bond donors (Lipinski definition) is 1. The summed E-state index contributed by atoms with van der Waals surface area (Å²) in [6.45, 7) is -0.0699. The van der Waals surface area contributed by atoms with Crippen LogP contribution in [0.2, 0.25) is 0 Å². The van der Waals surface area contributed by atoms with Gasteiger partial charge in [0.2, 0.25) is 0 Å². The van der Waals surface area contributed by atoms with Crippen molar-refractivity contribution in [3.8, 4) is 5.75 Å². The van der Waals surface area contributed by atoms with Crippen molar-refractivity contribution >= 4 is 17.4 Å². The van der Waals surface area contributed by atoms with Gasteiger partial charge in [0.25, 0.3) is 5.91 Å². The number of ketones is 1. The van der Waals surface area contributed by atoms with E-state index in [1.165, 1.54) is 0 Å². The molecule has 2 aromatic rings. The van der Waals surface area contributed by atoms with Crippen molar-refractivity contribution in [3.05, 3.63) is 59.7 Å². The molecule has 1 amide bonds. The SMILES string of the molecule is O=C(COc1cccc2c1CCC2=O)Nc1ccccc1. The number of para-hydroxylation sites is 1. The lowest BCUT2D eigenvalue weighted by atomic mass is 10.1. The molecule has 0 spiro atoms. The summed E-state index contributed by atoms with van der Waals surface area (Å²) in [6, 6.07) is 14.6. The minimum Gasteiger partial charge on any atom is -0.483 e. The molecule has 0 fully saturated rings. The maximum absolute atomic E-state index is 11.8. The molecule has 0 atom stereocenters. The normalized spacial score (nSPS) is 12.9. The monoisotopic (exact) mass is 281 g/mol. The highest BCUT2D eigenvalue weighted by Crippen LogP contribution is 2.30. The fraction of sp³-hybridized carbons (Fsp3) is 0.176. The molecule has 4 heteroatoms. The lowest BCUT2D eigenvalue weighted by molar-refractivity contribution is -0.118. The molecule has 0 saturated carbocycles. The third-order valence-corrected chi connectivity index (χ3v) is 3.45. The largest absolute Gasteiger partial charge is 0.483 e. The van der Waals surface area contributed by atoms with Crippen LogP contribution in [-0.4, -0.2) is 18.3 Å². The number of carbonyl (C=O) groups excluding carboxylic acids is 2. The Morgan fingerprint density at radius 3 is 2.67 bits per heavy atom. The fourth-order valence-corrected chi connectivity index (χ4v) is 2.46. The molecule has 0 bridgehead atoms. The lowest BCUT2D eigenvalue weighted by Crippen LogP contribution is -2.20. The van der Waals surface area contributed by atoms with Crippen LogP contribution in [0.15, 0.2) is 48.5 Å². The first-order valence-corrected chi connectivity index (χ1v) is 6.87. The second-order valence-corrected chi connectivity index (χ2v) is 4.91. The third kappa shape index (κ3) is 2.94. The number of anilines is 1. The van der Waals surface area contributed by atoms with Crippen LogP contribution in [0.3, 0.4) is 0 Å². The van der Waals surface area contributed by atoms with Crippen LogP contribution in [0.4, 0.5) is 5.69 Å². The summed E-state index contributed by atoms with van der Waals surface area (Å²) in [5.41, 5.74) is 2.37. The minimum atomic E-state index is -0.219. The van der Waals surface area contributed by atoms with Gasteiger partial charge in [-0.1, -0.05) is 30.3 Å². The molecular weight excluding hydrogens is 266 g/mol. The maximum Gasteiger partial charge on any atom is 0.262 e. The van der Waals surface area contributed by atoms with Crippen molar-refractivity contribution in [2.45, 2.75) is 12.8 Å². The predicted octanol–water partition coefficient (Wildman–Crippen LogP) is 2.83. The average Bonchev–Trinajstić information content (AvgIpc) is 2.88. The van der Waals surface area contributed by atoms with Gasteiger partial charge in [0, 0.05) is 23.2 Å². The predicted molar refractivity (Wildman–Crippen MR) is 79.7 cm³/mol. The topological polar surface area (TPSA) is 55.4 Å². The zero-order valence-electron chi connectivity index (χ0n) is 11.5. The maximum atomic E-state index is 11.8. The molecule has 3 rings (SSSR count). The molecule has 0 heterocycles. The second-order valence-electron chi connectivity index (χ2n) is 4.91. The van der Waals surface area contributed by atoms with Gasteiger partial charge in [-0.25, -0.2) is 0 Å². The van der Waals surface area contributed by atoms with Crippen molar-refractivity contribution in [1.82, 2.24) is 0 Å². The van der Waals surface area contributed by atoms with Crippen molar-refractivity contribution in [2.24, 2.45) is 0 Å². The Bertz CT molecular complexity index is 680. The summed E-state index contributed by atoms with van der Waals surface area (Å²) in [5.74, 6) is 0.550. The van der Waals surface area contributed by atoms with Gasteiger partial charge in [0.15, 0.2) is 12.4 Å². The van der Waals surface area contributed by atoms with Crippen molar-refractivity contribution < 1.29 is 14.3 Å². The molecule has 1 aliphatic rings. The minimum absolute atomic E-state index is 0.0699. The summed E-state index contributed by atoms with van der Waals surface area (Å²) in [4.78, 5) is 23.5. The quantitative estimate of drug-likeness (QED) is 0.937. The molecule has 1 aliphatic carbocycles. The molecule has 0 aromatic heterocycles. The summed E-state index contributed by atoms with van der Waals surface area (Å²) in [6.07, 6.45) is 1.20. The number of fused-ring (bicyclic) bond motifs is 1. The summed E-state index contributed by atoms with van der Waals surface area (Å²) in [5, 5.41) is 2.76. The number of ether oxygens (including phenoxy) is 1. The van der Waals surface area contributed by atoms with Crippen molar-refractivity contribution in [2.75, 3.05) is 11.9 Å². The van der Waals surface area contributed by atoms with E-state index in [2.05, 4.69) is 5.32 Å². The first-order valence-electron chi connectivity index (χ1n) is 6.87. The molecule has 2 aromatic carbocycles. The van der Waals surface area contributed by atoms with E-state index >= 15 is 0 Å². The number of nitrogens with one attached hydrogen (secondary N) is 1. The zero-order valence-corrected chi connectivity index (χ0v) is 11.5. The van der Waals surface area contributed by atoms with E-state index in [1.807, 2.05) is 36.4 Å². The van der Waals surface area contributed by atoms with Gasteiger partial charge in [-0.2, -0.15) is 0 Å². The smallest absolute Gasteiger partial charge is 0.262 e. The van der Waals surface area contributed by atoms with E-state index in [1.54, 1.807) is 12.1 Å². The Morgan fingerprint density at radius 1 is 1.05 bits per heavy atom. The Morgan fingerprint density at radius 2 is 1.86 bits per heavy atom. The molecule has 1 N–H and O–H groups in total. The number of carbonyl (C=O) groups is 2. The summed E-state index contributed by atoms with van der Waals surface area (Å²) < 4.78 is 5.57. The van der Waals surface area contributed by atoms with E-state index < -0.39 is 0 Å². The van der Waals surface area contributed by atoms with E-state index in [0.29, 0.717) is 18.6 Å². The molecule has 21 heavy (non-hydrogen) atoms. The molecule has 106 valence electrons. The molecule has 0 radical (unpaired) electrons. The highest BCUT2D eigenvalue weighted by Gasteiger charge is 2.22. The van der Waals surface area contributed by atoms with Crippen molar-refractivity contribution in [1.29, 1.82) is 0 Å². The van der Waals surface area contributed by atoms with Crippen LogP contribution >= 0.6 is 0 Å². The van der Waals surface area contributed by atoms with E-state index in [0.717, 1.165) is 16.8 Å². The van der Waals surface area contributed by atoms with Gasteiger partial charge >= 0.3 is 0 Å². The standard InChI is InChI=1S/C17H15NO3/c19-15-10-9-14-13(15)7-4-8-16(14)21-11-17(20)18-12-5-2-1-3-6-12/h1-8H,9-11H2,(H,18,20).